The van der Waals surface area contributed by atoms with Crippen LogP contribution in [0.5, 0.6) is 0 Å². The Morgan fingerprint density at radius 3 is 2.00 bits per heavy atom. The molecule has 0 aromatic rings. The molecule has 70 valence electrons. The SMILES string of the molecule is CC(C)=C1CCC(C(C)C)CC1. The summed E-state index contributed by atoms with van der Waals surface area (Å²) in [4.78, 5) is 0. The summed E-state index contributed by atoms with van der Waals surface area (Å²) in [5.41, 5.74) is 3.30. The third-order valence-electron chi connectivity index (χ3n) is 3.28. The molecule has 0 heterocycles. The lowest BCUT2D eigenvalue weighted by Gasteiger charge is -2.27. The molecule has 0 aromatic heterocycles. The Morgan fingerprint density at radius 1 is 1.17 bits per heavy atom. The van der Waals surface area contributed by atoms with Gasteiger partial charge >= 0.3 is 0 Å². The van der Waals surface area contributed by atoms with E-state index in [2.05, 4.69) is 27.7 Å². The molecule has 1 rings (SSSR count). The molecule has 0 radical (unpaired) electrons. The fraction of sp³-hybridized carbons (Fsp3) is 0.833. The van der Waals surface area contributed by atoms with Gasteiger partial charge in [0.15, 0.2) is 0 Å². The maximum atomic E-state index is 2.36. The minimum absolute atomic E-state index is 0.892. The van der Waals surface area contributed by atoms with Gasteiger partial charge in [-0.15, -0.1) is 0 Å². The van der Waals surface area contributed by atoms with Crippen LogP contribution in [0.25, 0.3) is 0 Å². The fourth-order valence-corrected chi connectivity index (χ4v) is 2.16. The van der Waals surface area contributed by atoms with E-state index >= 15 is 0 Å². The van der Waals surface area contributed by atoms with Crippen molar-refractivity contribution < 1.29 is 0 Å². The smallest absolute Gasteiger partial charge is 0.0315 e. The van der Waals surface area contributed by atoms with Crippen molar-refractivity contribution in [2.45, 2.75) is 53.4 Å². The van der Waals surface area contributed by atoms with Gasteiger partial charge in [-0.3, -0.25) is 0 Å². The predicted molar refractivity (Wildman–Crippen MR) is 55.2 cm³/mol. The molecule has 1 fully saturated rings. The molecular weight excluding hydrogens is 144 g/mol. The van der Waals surface area contributed by atoms with Crippen LogP contribution in [-0.2, 0) is 0 Å². The summed E-state index contributed by atoms with van der Waals surface area (Å²) < 4.78 is 0. The summed E-state index contributed by atoms with van der Waals surface area (Å²) in [5.74, 6) is 1.89. The third kappa shape index (κ3) is 2.36. The first kappa shape index (κ1) is 9.83. The van der Waals surface area contributed by atoms with Gasteiger partial charge in [-0.25, -0.2) is 0 Å². The highest BCUT2D eigenvalue weighted by molar-refractivity contribution is 5.11. The van der Waals surface area contributed by atoms with Crippen LogP contribution in [0.15, 0.2) is 11.1 Å². The first-order valence-corrected chi connectivity index (χ1v) is 5.26. The Bertz CT molecular complexity index is 160. The van der Waals surface area contributed by atoms with Gasteiger partial charge in [0.2, 0.25) is 0 Å². The third-order valence-corrected chi connectivity index (χ3v) is 3.28. The summed E-state index contributed by atoms with van der Waals surface area (Å²) in [7, 11) is 0. The maximum Gasteiger partial charge on any atom is -0.0315 e. The van der Waals surface area contributed by atoms with Crippen LogP contribution in [-0.4, -0.2) is 0 Å². The lowest BCUT2D eigenvalue weighted by atomic mass is 9.78. The monoisotopic (exact) mass is 166 g/mol. The van der Waals surface area contributed by atoms with Crippen molar-refractivity contribution in [1.29, 1.82) is 0 Å². The van der Waals surface area contributed by atoms with Crippen molar-refractivity contribution in [3.8, 4) is 0 Å². The number of hydrogen-bond donors (Lipinski definition) is 0. The first-order chi connectivity index (χ1) is 5.61. The van der Waals surface area contributed by atoms with Crippen LogP contribution < -0.4 is 0 Å². The standard InChI is InChI=1S/C12H22/c1-9(2)11-5-7-12(8-6-11)10(3)4/h9,11H,5-8H2,1-4H3. The van der Waals surface area contributed by atoms with Crippen LogP contribution >= 0.6 is 0 Å². The largest absolute Gasteiger partial charge is 0.0772 e. The van der Waals surface area contributed by atoms with E-state index in [1.165, 1.54) is 25.7 Å². The van der Waals surface area contributed by atoms with Crippen molar-refractivity contribution >= 4 is 0 Å². The zero-order valence-electron chi connectivity index (χ0n) is 8.98. The molecule has 12 heavy (non-hydrogen) atoms. The summed E-state index contributed by atoms with van der Waals surface area (Å²) in [6.45, 7) is 9.23. The quantitative estimate of drug-likeness (QED) is 0.513. The molecule has 0 aromatic carbocycles. The van der Waals surface area contributed by atoms with Gasteiger partial charge in [0.05, 0.1) is 0 Å². The van der Waals surface area contributed by atoms with Gasteiger partial charge in [0, 0.05) is 0 Å². The molecule has 0 atom stereocenters. The van der Waals surface area contributed by atoms with E-state index in [4.69, 9.17) is 0 Å². The molecule has 0 spiro atoms. The fourth-order valence-electron chi connectivity index (χ4n) is 2.16. The van der Waals surface area contributed by atoms with Crippen molar-refractivity contribution in [2.75, 3.05) is 0 Å². The van der Waals surface area contributed by atoms with E-state index in [9.17, 15) is 0 Å². The van der Waals surface area contributed by atoms with E-state index in [0.29, 0.717) is 0 Å². The lowest BCUT2D eigenvalue weighted by Crippen LogP contribution is -2.14. The zero-order valence-corrected chi connectivity index (χ0v) is 8.98. The number of hydrogen-bond acceptors (Lipinski definition) is 0. The minimum atomic E-state index is 0.892. The van der Waals surface area contributed by atoms with E-state index in [1.807, 2.05) is 0 Å². The molecule has 0 aliphatic heterocycles. The second kappa shape index (κ2) is 4.11. The van der Waals surface area contributed by atoms with Crippen molar-refractivity contribution in [3.05, 3.63) is 11.1 Å². The normalized spacial score (nSPS) is 24.8. The molecule has 0 unspecified atom stereocenters. The van der Waals surface area contributed by atoms with E-state index in [0.717, 1.165) is 11.8 Å². The minimum Gasteiger partial charge on any atom is -0.0772 e. The zero-order chi connectivity index (χ0) is 9.14. The van der Waals surface area contributed by atoms with Crippen molar-refractivity contribution in [2.24, 2.45) is 11.8 Å². The first-order valence-electron chi connectivity index (χ1n) is 5.26. The molecule has 1 saturated carbocycles. The van der Waals surface area contributed by atoms with Crippen LogP contribution in [0.1, 0.15) is 53.4 Å². The number of allylic oxidation sites excluding steroid dienone is 2. The van der Waals surface area contributed by atoms with Gasteiger partial charge in [-0.2, -0.15) is 0 Å². The molecule has 0 heteroatoms. The van der Waals surface area contributed by atoms with E-state index in [1.54, 1.807) is 11.1 Å². The molecule has 1 aliphatic carbocycles. The summed E-state index contributed by atoms with van der Waals surface area (Å²) >= 11 is 0. The van der Waals surface area contributed by atoms with Crippen LogP contribution in [0, 0.1) is 11.8 Å². The van der Waals surface area contributed by atoms with Crippen LogP contribution in [0.2, 0.25) is 0 Å². The summed E-state index contributed by atoms with van der Waals surface area (Å²) in [6.07, 6.45) is 5.59. The molecule has 1 aliphatic rings. The molecule has 0 amide bonds. The molecular formula is C12H22. The van der Waals surface area contributed by atoms with Crippen molar-refractivity contribution in [3.63, 3.8) is 0 Å². The highest BCUT2D eigenvalue weighted by atomic mass is 14.2. The average molecular weight is 166 g/mol. The molecule has 0 N–H and O–H groups in total. The molecule has 0 saturated heterocycles. The van der Waals surface area contributed by atoms with Gasteiger partial charge < -0.3 is 0 Å². The summed E-state index contributed by atoms with van der Waals surface area (Å²) in [5, 5.41) is 0. The van der Waals surface area contributed by atoms with Gasteiger partial charge in [0.1, 0.15) is 0 Å². The van der Waals surface area contributed by atoms with E-state index in [-0.39, 0.29) is 0 Å². The Labute approximate surface area is 77.1 Å². The Morgan fingerprint density at radius 2 is 1.67 bits per heavy atom. The maximum absolute atomic E-state index is 2.36. The Kier molecular flexibility index (Phi) is 3.37. The van der Waals surface area contributed by atoms with Gasteiger partial charge in [-0.05, 0) is 51.4 Å². The van der Waals surface area contributed by atoms with Crippen molar-refractivity contribution in [1.82, 2.24) is 0 Å². The second-order valence-electron chi connectivity index (χ2n) is 4.69. The molecule has 0 nitrogen and oxygen atoms in total. The van der Waals surface area contributed by atoms with Gasteiger partial charge in [-0.1, -0.05) is 25.0 Å². The lowest BCUT2D eigenvalue weighted by molar-refractivity contribution is 0.310. The van der Waals surface area contributed by atoms with Crippen LogP contribution in [0.4, 0.5) is 0 Å². The van der Waals surface area contributed by atoms with Gasteiger partial charge in [0.25, 0.3) is 0 Å². The van der Waals surface area contributed by atoms with E-state index < -0.39 is 0 Å². The topological polar surface area (TPSA) is 0 Å². The van der Waals surface area contributed by atoms with Crippen LogP contribution in [0.3, 0.4) is 0 Å². The second-order valence-corrected chi connectivity index (χ2v) is 4.69. The predicted octanol–water partition coefficient (Wildman–Crippen LogP) is 4.17. The Hall–Kier alpha value is -0.260. The number of rotatable bonds is 1. The Balaban J connectivity index is 2.45. The highest BCUT2D eigenvalue weighted by Gasteiger charge is 2.19. The highest BCUT2D eigenvalue weighted by Crippen LogP contribution is 2.33. The molecule has 0 bridgehead atoms. The summed E-state index contributed by atoms with van der Waals surface area (Å²) in [6, 6.07) is 0. The average Bonchev–Trinajstić information content (AvgIpc) is 2.04.